The van der Waals surface area contributed by atoms with E-state index in [1.165, 1.54) is 4.90 Å². The molecule has 0 radical (unpaired) electrons. The minimum Gasteiger partial charge on any atom is -0.350 e. The van der Waals surface area contributed by atoms with Gasteiger partial charge in [0, 0.05) is 5.69 Å². The monoisotopic (exact) mass is 396 g/mol. The van der Waals surface area contributed by atoms with E-state index in [1.54, 1.807) is 6.07 Å². The van der Waals surface area contributed by atoms with Crippen LogP contribution in [-0.4, -0.2) is 11.8 Å². The molecule has 1 aliphatic rings. The van der Waals surface area contributed by atoms with Crippen LogP contribution in [0.5, 0.6) is 0 Å². The molecule has 1 aliphatic heterocycles. The molecular formula is C26H24N2O2. The number of carbonyl (C=O) groups excluding carboxylic acids is 2. The Morgan fingerprint density at radius 1 is 0.700 bits per heavy atom. The second kappa shape index (κ2) is 7.64. The van der Waals surface area contributed by atoms with Crippen molar-refractivity contribution < 1.29 is 9.59 Å². The molecule has 4 rings (SSSR count). The molecule has 0 aromatic heterocycles. The summed E-state index contributed by atoms with van der Waals surface area (Å²) in [6, 6.07) is 21.1. The van der Waals surface area contributed by atoms with Crippen LogP contribution < -0.4 is 10.2 Å². The highest BCUT2D eigenvalue weighted by molar-refractivity contribution is 6.46. The smallest absolute Gasteiger partial charge is 0.282 e. The van der Waals surface area contributed by atoms with Crippen LogP contribution in [0, 0.1) is 27.7 Å². The number of anilines is 2. The van der Waals surface area contributed by atoms with Crippen LogP contribution in [0.1, 0.15) is 27.8 Å². The number of aryl methyl sites for hydroxylation is 4. The Bertz CT molecular complexity index is 1190. The van der Waals surface area contributed by atoms with E-state index in [0.29, 0.717) is 17.0 Å². The Morgan fingerprint density at radius 2 is 1.37 bits per heavy atom. The first-order valence-corrected chi connectivity index (χ1v) is 9.96. The lowest BCUT2D eigenvalue weighted by molar-refractivity contribution is -0.120. The van der Waals surface area contributed by atoms with Crippen molar-refractivity contribution in [3.05, 3.63) is 100 Å². The molecule has 4 nitrogen and oxygen atoms in total. The summed E-state index contributed by atoms with van der Waals surface area (Å²) in [5, 5.41) is 3.22. The van der Waals surface area contributed by atoms with E-state index in [4.69, 9.17) is 0 Å². The lowest BCUT2D eigenvalue weighted by Gasteiger charge is -2.16. The van der Waals surface area contributed by atoms with Gasteiger partial charge in [0.2, 0.25) is 0 Å². The normalized spacial score (nSPS) is 13.9. The maximum absolute atomic E-state index is 13.5. The lowest BCUT2D eigenvalue weighted by atomic mass is 9.97. The van der Waals surface area contributed by atoms with Crippen molar-refractivity contribution >= 4 is 28.8 Å². The van der Waals surface area contributed by atoms with E-state index in [2.05, 4.69) is 5.32 Å². The molecule has 1 N–H and O–H groups in total. The Balaban J connectivity index is 1.86. The molecule has 0 fully saturated rings. The van der Waals surface area contributed by atoms with Gasteiger partial charge in [-0.2, -0.15) is 0 Å². The molecule has 3 aromatic carbocycles. The zero-order valence-corrected chi connectivity index (χ0v) is 17.6. The topological polar surface area (TPSA) is 49.4 Å². The largest absolute Gasteiger partial charge is 0.350 e. The van der Waals surface area contributed by atoms with Gasteiger partial charge in [0.1, 0.15) is 5.70 Å². The van der Waals surface area contributed by atoms with Gasteiger partial charge >= 0.3 is 0 Å². The van der Waals surface area contributed by atoms with Crippen LogP contribution >= 0.6 is 0 Å². The molecular weight excluding hydrogens is 372 g/mol. The number of imide groups is 1. The summed E-state index contributed by atoms with van der Waals surface area (Å²) in [6.45, 7) is 7.93. The molecule has 0 aliphatic carbocycles. The van der Waals surface area contributed by atoms with Crippen LogP contribution in [0.2, 0.25) is 0 Å². The zero-order chi connectivity index (χ0) is 21.4. The summed E-state index contributed by atoms with van der Waals surface area (Å²) in [5.74, 6) is -0.659. The Labute approximate surface area is 176 Å². The van der Waals surface area contributed by atoms with Crippen molar-refractivity contribution in [2.24, 2.45) is 0 Å². The Kier molecular flexibility index (Phi) is 5.00. The third-order valence-corrected chi connectivity index (χ3v) is 5.32. The average Bonchev–Trinajstić information content (AvgIpc) is 2.94. The highest BCUT2D eigenvalue weighted by Crippen LogP contribution is 2.35. The molecule has 2 amide bonds. The maximum atomic E-state index is 13.5. The molecule has 3 aromatic rings. The molecule has 30 heavy (non-hydrogen) atoms. The van der Waals surface area contributed by atoms with Crippen molar-refractivity contribution in [1.29, 1.82) is 0 Å². The third-order valence-electron chi connectivity index (χ3n) is 5.32. The SMILES string of the molecule is Cc1ccc(NC2=C(c3ccc(C)cc3C)C(=O)N(c3cccc(C)c3)C2=O)cc1. The van der Waals surface area contributed by atoms with Crippen molar-refractivity contribution in [3.8, 4) is 0 Å². The second-order valence-electron chi connectivity index (χ2n) is 7.84. The van der Waals surface area contributed by atoms with Gasteiger partial charge in [-0.05, 0) is 68.7 Å². The number of nitrogens with zero attached hydrogens (tertiary/aromatic N) is 1. The van der Waals surface area contributed by atoms with Crippen molar-refractivity contribution in [2.45, 2.75) is 27.7 Å². The van der Waals surface area contributed by atoms with Gasteiger partial charge in [-0.25, -0.2) is 4.90 Å². The zero-order valence-electron chi connectivity index (χ0n) is 17.6. The number of hydrogen-bond acceptors (Lipinski definition) is 3. The first-order valence-electron chi connectivity index (χ1n) is 9.96. The highest BCUT2D eigenvalue weighted by Gasteiger charge is 2.40. The number of benzene rings is 3. The van der Waals surface area contributed by atoms with Crippen LogP contribution in [0.25, 0.3) is 5.57 Å². The number of nitrogens with one attached hydrogen (secondary N) is 1. The minimum atomic E-state index is -0.346. The molecule has 0 saturated carbocycles. The van der Waals surface area contributed by atoms with Crippen molar-refractivity contribution in [3.63, 3.8) is 0 Å². The van der Waals surface area contributed by atoms with Crippen molar-refractivity contribution in [2.75, 3.05) is 10.2 Å². The predicted octanol–water partition coefficient (Wildman–Crippen LogP) is 5.32. The number of amides is 2. The fraction of sp³-hybridized carbons (Fsp3) is 0.154. The fourth-order valence-electron chi connectivity index (χ4n) is 3.77. The lowest BCUT2D eigenvalue weighted by Crippen LogP contribution is -2.32. The number of hydrogen-bond donors (Lipinski definition) is 1. The molecule has 4 heteroatoms. The fourth-order valence-corrected chi connectivity index (χ4v) is 3.77. The van der Waals surface area contributed by atoms with E-state index in [9.17, 15) is 9.59 Å². The predicted molar refractivity (Wildman–Crippen MR) is 121 cm³/mol. The summed E-state index contributed by atoms with van der Waals surface area (Å²) in [7, 11) is 0. The number of rotatable bonds is 4. The van der Waals surface area contributed by atoms with E-state index < -0.39 is 0 Å². The third kappa shape index (κ3) is 3.52. The summed E-state index contributed by atoms with van der Waals surface area (Å²) in [5.41, 5.74) is 7.00. The maximum Gasteiger partial charge on any atom is 0.282 e. The van der Waals surface area contributed by atoms with E-state index >= 15 is 0 Å². The van der Waals surface area contributed by atoms with Crippen molar-refractivity contribution in [1.82, 2.24) is 0 Å². The summed E-state index contributed by atoms with van der Waals surface area (Å²) >= 11 is 0. The second-order valence-corrected chi connectivity index (χ2v) is 7.84. The van der Waals surface area contributed by atoms with Crippen LogP contribution in [0.15, 0.2) is 72.4 Å². The Morgan fingerprint density at radius 3 is 2.03 bits per heavy atom. The average molecular weight is 396 g/mol. The molecule has 0 unspecified atom stereocenters. The van der Waals surface area contributed by atoms with E-state index in [-0.39, 0.29) is 11.8 Å². The van der Waals surface area contributed by atoms with Crippen LogP contribution in [-0.2, 0) is 9.59 Å². The van der Waals surface area contributed by atoms with Gasteiger partial charge in [-0.15, -0.1) is 0 Å². The van der Waals surface area contributed by atoms with Gasteiger partial charge in [-0.3, -0.25) is 9.59 Å². The first-order chi connectivity index (χ1) is 14.3. The highest BCUT2D eigenvalue weighted by atomic mass is 16.2. The molecule has 0 spiro atoms. The molecule has 150 valence electrons. The van der Waals surface area contributed by atoms with Crippen LogP contribution in [0.3, 0.4) is 0 Å². The van der Waals surface area contributed by atoms with Gasteiger partial charge in [0.25, 0.3) is 11.8 Å². The quantitative estimate of drug-likeness (QED) is 0.608. The van der Waals surface area contributed by atoms with E-state index in [1.807, 2.05) is 88.4 Å². The molecule has 0 bridgehead atoms. The molecule has 0 saturated heterocycles. The summed E-state index contributed by atoms with van der Waals surface area (Å²) in [6.07, 6.45) is 0. The molecule has 1 heterocycles. The summed E-state index contributed by atoms with van der Waals surface area (Å²) in [4.78, 5) is 28.2. The molecule has 0 atom stereocenters. The number of carbonyl (C=O) groups is 2. The van der Waals surface area contributed by atoms with Gasteiger partial charge < -0.3 is 5.32 Å². The summed E-state index contributed by atoms with van der Waals surface area (Å²) < 4.78 is 0. The van der Waals surface area contributed by atoms with E-state index in [0.717, 1.165) is 33.5 Å². The Hall–Kier alpha value is -3.66. The standard InChI is InChI=1S/C26H24N2O2/c1-16-8-11-20(12-9-16)27-24-23(22-13-10-18(3)14-19(22)4)25(29)28(26(24)30)21-7-5-6-17(2)15-21/h5-15,27H,1-4H3. The first kappa shape index (κ1) is 19.6. The van der Waals surface area contributed by atoms with Gasteiger partial charge in [0.15, 0.2) is 0 Å². The minimum absolute atomic E-state index is 0.303. The van der Waals surface area contributed by atoms with Crippen LogP contribution in [0.4, 0.5) is 11.4 Å². The van der Waals surface area contributed by atoms with Gasteiger partial charge in [0.05, 0.1) is 11.3 Å². The van der Waals surface area contributed by atoms with Gasteiger partial charge in [-0.1, -0.05) is 53.6 Å².